The van der Waals surface area contributed by atoms with Gasteiger partial charge in [0.1, 0.15) is 0 Å². The fourth-order valence-corrected chi connectivity index (χ4v) is 0. The normalized spacial score (nSPS) is 0. The van der Waals surface area contributed by atoms with Gasteiger partial charge in [0, 0.05) is 46.8 Å². The van der Waals surface area contributed by atoms with Crippen LogP contribution in [0.5, 0.6) is 0 Å². The summed E-state index contributed by atoms with van der Waals surface area (Å²) < 4.78 is 0. The van der Waals surface area contributed by atoms with Crippen molar-refractivity contribution in [2.24, 2.45) is 0 Å². The summed E-state index contributed by atoms with van der Waals surface area (Å²) in [6.07, 6.45) is 0. The van der Waals surface area contributed by atoms with Crippen molar-refractivity contribution in [3.05, 3.63) is 0 Å². The minimum Gasteiger partial charge on any atom is 0 e. The van der Waals surface area contributed by atoms with Gasteiger partial charge in [0.05, 0.1) is 0 Å². The Kier molecular flexibility index (Phi) is 146. The molecule has 0 N–H and O–H groups in total. The van der Waals surface area contributed by atoms with E-state index in [-0.39, 0.29) is 77.3 Å². The molecule has 0 atom stereocenters. The second-order valence-electron chi connectivity index (χ2n) is 0. The zero-order chi connectivity index (χ0) is 0. The smallest absolute Gasteiger partial charge is 0 e. The molecule has 4 heavy (non-hydrogen) atoms. The maximum Gasteiger partial charge on any atom is 0 e. The van der Waals surface area contributed by atoms with Gasteiger partial charge in [-0.25, -0.2) is 0 Å². The Bertz CT molecular complexity index is 8.00. The summed E-state index contributed by atoms with van der Waals surface area (Å²) in [7, 11) is 0. The molecule has 0 amide bonds. The molecule has 0 aliphatic heterocycles. The zero-order valence-electron chi connectivity index (χ0n) is 2.41. The first-order valence-electron chi connectivity index (χ1n) is 0. The van der Waals surface area contributed by atoms with Gasteiger partial charge in [0.2, 0.25) is 0 Å². The van der Waals surface area contributed by atoms with Crippen molar-refractivity contribution in [1.82, 2.24) is 0 Å². The van der Waals surface area contributed by atoms with Crippen LogP contribution in [0.1, 0.15) is 0 Å². The largest absolute Gasteiger partial charge is 0 e. The first-order valence-corrected chi connectivity index (χ1v) is 0. The van der Waals surface area contributed by atoms with Crippen LogP contribution in [-0.4, -0.2) is 17.1 Å². The van der Waals surface area contributed by atoms with Gasteiger partial charge in [0.25, 0.3) is 0 Å². The molecular weight excluding hydrogens is 289 g/mol. The zero-order valence-corrected chi connectivity index (χ0v) is 12.5. The number of rotatable bonds is 0. The Morgan fingerprint density at radius 1 is 1.00 bits per heavy atom. The van der Waals surface area contributed by atoms with Gasteiger partial charge < -0.3 is 0 Å². The third-order valence-electron chi connectivity index (χ3n) is 0. The van der Waals surface area contributed by atoms with E-state index in [1.165, 1.54) is 0 Å². The molecule has 4 heteroatoms. The average molecular weight is 293 g/mol. The molecule has 0 aliphatic carbocycles. The third kappa shape index (κ3) is 8.83. The van der Waals surface area contributed by atoms with Gasteiger partial charge in [-0.1, -0.05) is 0 Å². The SMILES string of the molecule is S.[Cd].[SeH2].[Zn]. The van der Waals surface area contributed by atoms with Gasteiger partial charge in [-0.3, -0.25) is 0 Å². The van der Waals surface area contributed by atoms with Crippen LogP contribution < -0.4 is 0 Å². The summed E-state index contributed by atoms with van der Waals surface area (Å²) >= 11 is 0. The quantitative estimate of drug-likeness (QED) is 0.513. The monoisotopic (exact) mass is 294 g/mol. The van der Waals surface area contributed by atoms with Gasteiger partial charge in [-0.15, -0.1) is 0 Å². The maximum absolute atomic E-state index is 0. The van der Waals surface area contributed by atoms with E-state index in [2.05, 4.69) is 0 Å². The van der Waals surface area contributed by atoms with Crippen LogP contribution in [0.15, 0.2) is 0 Å². The van der Waals surface area contributed by atoms with Crippen molar-refractivity contribution in [3.8, 4) is 0 Å². The van der Waals surface area contributed by atoms with Crippen LogP contribution in [0, 0.1) is 0 Å². The van der Waals surface area contributed by atoms with E-state index >= 15 is 0 Å². The summed E-state index contributed by atoms with van der Waals surface area (Å²) in [4.78, 5) is 0. The van der Waals surface area contributed by atoms with Crippen molar-refractivity contribution >= 4 is 30.6 Å². The van der Waals surface area contributed by atoms with E-state index in [9.17, 15) is 0 Å². The van der Waals surface area contributed by atoms with Gasteiger partial charge in [-0.2, -0.15) is 13.5 Å². The molecule has 0 bridgehead atoms. The maximum atomic E-state index is 0. The third-order valence-corrected chi connectivity index (χ3v) is 0. The summed E-state index contributed by atoms with van der Waals surface area (Å²) in [5.41, 5.74) is 0. The van der Waals surface area contributed by atoms with Crippen LogP contribution in [0.3, 0.4) is 0 Å². The molecule has 0 rings (SSSR count). The fraction of sp³-hybridized carbons (Fsp3) is 0. The first-order chi connectivity index (χ1) is 0. The van der Waals surface area contributed by atoms with E-state index in [1.807, 2.05) is 0 Å². The Labute approximate surface area is 76.3 Å². The molecular formula is H4CdSSeZn. The van der Waals surface area contributed by atoms with E-state index in [0.717, 1.165) is 0 Å². The van der Waals surface area contributed by atoms with E-state index in [0.29, 0.717) is 0 Å². The molecule has 0 saturated heterocycles. The molecule has 0 heterocycles. The van der Waals surface area contributed by atoms with E-state index < -0.39 is 0 Å². The Balaban J connectivity index is 0. The average Bonchev–Trinajstić information content (AvgIpc) is 0. The molecule has 0 aromatic rings. The van der Waals surface area contributed by atoms with Crippen molar-refractivity contribution < 1.29 is 46.8 Å². The molecule has 0 nitrogen and oxygen atoms in total. The standard InChI is InChI=1S/Cd.H2S.H2Se.Zn/h;2*1H2;. The second-order valence-corrected chi connectivity index (χ2v) is 0. The predicted molar refractivity (Wildman–Crippen MR) is 18.9 cm³/mol. The molecule has 0 aromatic heterocycles. The predicted octanol–water partition coefficient (Wildman–Crippen LogP) is -0.808. The first kappa shape index (κ1) is 32.3. The molecule has 0 saturated carbocycles. The summed E-state index contributed by atoms with van der Waals surface area (Å²) in [5.74, 6) is 0. The molecule has 0 unspecified atom stereocenters. The van der Waals surface area contributed by atoms with Crippen molar-refractivity contribution in [2.45, 2.75) is 0 Å². The van der Waals surface area contributed by atoms with Crippen LogP contribution in [0.4, 0.5) is 0 Å². The number of hydrogen-bond acceptors (Lipinski definition) is 0. The van der Waals surface area contributed by atoms with Gasteiger partial charge in [0.15, 0.2) is 0 Å². The molecule has 0 aromatic carbocycles. The van der Waals surface area contributed by atoms with Crippen LogP contribution in [-0.2, 0) is 46.8 Å². The van der Waals surface area contributed by atoms with E-state index in [1.54, 1.807) is 0 Å². The second kappa shape index (κ2) is 18.1. The van der Waals surface area contributed by atoms with Crippen molar-refractivity contribution in [1.29, 1.82) is 0 Å². The van der Waals surface area contributed by atoms with Gasteiger partial charge in [-0.05, 0) is 0 Å². The molecule has 0 spiro atoms. The van der Waals surface area contributed by atoms with E-state index in [4.69, 9.17) is 0 Å². The fourth-order valence-electron chi connectivity index (χ4n) is 0. The summed E-state index contributed by atoms with van der Waals surface area (Å²) in [6, 6.07) is 0. The minimum atomic E-state index is 0. The van der Waals surface area contributed by atoms with Crippen LogP contribution >= 0.6 is 13.5 Å². The molecule has 20 valence electrons. The molecule has 0 fully saturated rings. The summed E-state index contributed by atoms with van der Waals surface area (Å²) in [6.45, 7) is 0. The van der Waals surface area contributed by atoms with Crippen molar-refractivity contribution in [2.75, 3.05) is 0 Å². The topological polar surface area (TPSA) is 0 Å². The number of hydrogen-bond donors (Lipinski definition) is 0. The Morgan fingerprint density at radius 3 is 1.00 bits per heavy atom. The van der Waals surface area contributed by atoms with Crippen LogP contribution in [0.2, 0.25) is 0 Å². The van der Waals surface area contributed by atoms with Crippen LogP contribution in [0.25, 0.3) is 0 Å². The molecule has 0 radical (unpaired) electrons. The molecule has 0 aliphatic rings. The van der Waals surface area contributed by atoms with Crippen molar-refractivity contribution in [3.63, 3.8) is 0 Å². The van der Waals surface area contributed by atoms with Gasteiger partial charge >= 0.3 is 17.1 Å². The Hall–Kier alpha value is 2.41. The summed E-state index contributed by atoms with van der Waals surface area (Å²) in [5, 5.41) is 0. The minimum absolute atomic E-state index is 0. The Morgan fingerprint density at radius 2 is 1.00 bits per heavy atom.